The van der Waals surface area contributed by atoms with E-state index in [1.54, 1.807) is 0 Å². The molecule has 5 rings (SSSR count). The van der Waals surface area contributed by atoms with Crippen LogP contribution in [0.15, 0.2) is 97.1 Å². The van der Waals surface area contributed by atoms with Gasteiger partial charge in [0.25, 0.3) is 29.5 Å². The first-order chi connectivity index (χ1) is 44.8. The molecule has 0 aromatic heterocycles. The largest absolute Gasteiger partial charge is 0.496 e. The maximum atomic E-state index is 14.4. The number of carbonyl (C=O) groups excluding carboxylic acids is 10. The molecule has 500 valence electrons. The third-order valence-corrected chi connectivity index (χ3v) is 14.7. The van der Waals surface area contributed by atoms with E-state index in [0.29, 0.717) is 77.5 Å². The van der Waals surface area contributed by atoms with E-state index in [9.17, 15) is 47.9 Å². The second-order valence-electron chi connectivity index (χ2n) is 21.3. The van der Waals surface area contributed by atoms with E-state index in [2.05, 4.69) is 42.5 Å². The molecule has 4 atom stereocenters. The van der Waals surface area contributed by atoms with Crippen molar-refractivity contribution in [2.45, 2.75) is 101 Å². The Morgan fingerprint density at radius 3 is 0.914 bits per heavy atom. The van der Waals surface area contributed by atoms with Crippen LogP contribution in [0.4, 0.5) is 22.7 Å². The quantitative estimate of drug-likeness (QED) is 0.0196. The number of nitrogens with two attached hydrogens (primary N) is 5. The van der Waals surface area contributed by atoms with E-state index in [1.807, 2.05) is 0 Å². The van der Waals surface area contributed by atoms with E-state index in [1.165, 1.54) is 133 Å². The van der Waals surface area contributed by atoms with Crippen LogP contribution in [0.3, 0.4) is 0 Å². The van der Waals surface area contributed by atoms with Gasteiger partial charge in [-0.25, -0.2) is 4.79 Å². The minimum absolute atomic E-state index is 0.0245. The fourth-order valence-electron chi connectivity index (χ4n) is 9.69. The lowest BCUT2D eigenvalue weighted by Gasteiger charge is -2.22. The smallest absolute Gasteiger partial charge is 0.337 e. The number of amides is 9. The van der Waals surface area contributed by atoms with Crippen molar-refractivity contribution in [3.05, 3.63) is 130 Å². The van der Waals surface area contributed by atoms with Crippen molar-refractivity contribution in [2.75, 3.05) is 83.0 Å². The number of unbranched alkanes of at least 4 members (excludes halogenated alkanes) is 4. The van der Waals surface area contributed by atoms with Crippen molar-refractivity contribution in [2.24, 2.45) is 28.7 Å². The van der Waals surface area contributed by atoms with Crippen LogP contribution in [0.5, 0.6) is 23.0 Å². The molecule has 9 amide bonds. The number of hydrogen-bond acceptors (Lipinski definition) is 19. The Kier molecular flexibility index (Phi) is 30.0. The van der Waals surface area contributed by atoms with Crippen molar-refractivity contribution in [1.29, 1.82) is 0 Å². The van der Waals surface area contributed by atoms with E-state index in [4.69, 9.17) is 52.4 Å². The number of nitrogens with one attached hydrogen (secondary N) is 8. The van der Waals surface area contributed by atoms with Gasteiger partial charge in [0.1, 0.15) is 47.2 Å². The molecule has 5 aromatic carbocycles. The third-order valence-electron chi connectivity index (χ3n) is 14.7. The number of primary amides is 1. The average Bonchev–Trinajstić information content (AvgIpc) is 1.05. The van der Waals surface area contributed by atoms with Gasteiger partial charge in [-0.05, 0) is 194 Å². The van der Waals surface area contributed by atoms with Crippen LogP contribution in [-0.4, -0.2) is 145 Å². The van der Waals surface area contributed by atoms with Crippen molar-refractivity contribution in [1.82, 2.24) is 21.3 Å². The number of rotatable bonds is 38. The first-order valence-electron chi connectivity index (χ1n) is 30.2. The number of anilines is 4. The van der Waals surface area contributed by atoms with E-state index >= 15 is 0 Å². The Hall–Kier alpha value is -10.2. The lowest BCUT2D eigenvalue weighted by molar-refractivity contribution is -0.118. The van der Waals surface area contributed by atoms with Crippen LogP contribution in [0, 0.1) is 0 Å². The van der Waals surface area contributed by atoms with Gasteiger partial charge in [0.15, 0.2) is 0 Å². The van der Waals surface area contributed by atoms with Gasteiger partial charge < -0.3 is 94.9 Å². The lowest BCUT2D eigenvalue weighted by Crippen LogP contribution is -2.44. The molecular weight excluding hydrogens is 1200 g/mol. The van der Waals surface area contributed by atoms with Gasteiger partial charge in [-0.15, -0.1) is 0 Å². The molecule has 18 N–H and O–H groups in total. The zero-order chi connectivity index (χ0) is 68.0. The summed E-state index contributed by atoms with van der Waals surface area (Å²) in [6.07, 6.45) is 4.44. The fourth-order valence-corrected chi connectivity index (χ4v) is 9.69. The summed E-state index contributed by atoms with van der Waals surface area (Å²) in [5, 5.41) is 22.1. The van der Waals surface area contributed by atoms with E-state index in [0.717, 1.165) is 0 Å². The maximum Gasteiger partial charge on any atom is 0.337 e. The molecule has 0 aliphatic heterocycles. The summed E-state index contributed by atoms with van der Waals surface area (Å²) in [5.41, 5.74) is 29.3. The van der Waals surface area contributed by atoms with Crippen LogP contribution in [-0.2, 0) is 23.9 Å². The first-order valence-corrected chi connectivity index (χ1v) is 30.2. The summed E-state index contributed by atoms with van der Waals surface area (Å²) in [7, 11) is 6.59. The van der Waals surface area contributed by atoms with Gasteiger partial charge >= 0.3 is 5.97 Å². The number of methoxy groups -OCH3 is 5. The summed E-state index contributed by atoms with van der Waals surface area (Å²) in [6, 6.07) is 18.4. The van der Waals surface area contributed by atoms with Gasteiger partial charge in [0.05, 0.1) is 63.4 Å². The van der Waals surface area contributed by atoms with E-state index in [-0.39, 0.29) is 105 Å². The second kappa shape index (κ2) is 37.9. The summed E-state index contributed by atoms with van der Waals surface area (Å²) in [4.78, 5) is 137. The summed E-state index contributed by atoms with van der Waals surface area (Å²) in [5.74, 6) is -6.44. The van der Waals surface area contributed by atoms with Gasteiger partial charge in [0, 0.05) is 28.3 Å². The number of hydrogen-bond donors (Lipinski definition) is 13. The second-order valence-corrected chi connectivity index (χ2v) is 21.3. The molecule has 0 radical (unpaired) electrons. The highest BCUT2D eigenvalue weighted by atomic mass is 16.5. The monoisotopic (exact) mass is 1290 g/mol. The van der Waals surface area contributed by atoms with Crippen molar-refractivity contribution < 1.29 is 71.6 Å². The number of carbonyl (C=O) groups is 10. The van der Waals surface area contributed by atoms with E-state index < -0.39 is 83.3 Å². The van der Waals surface area contributed by atoms with Crippen LogP contribution in [0.1, 0.15) is 139 Å². The Labute approximate surface area is 539 Å². The van der Waals surface area contributed by atoms with Gasteiger partial charge in [0.2, 0.25) is 23.6 Å². The molecule has 0 bridgehead atoms. The van der Waals surface area contributed by atoms with Gasteiger partial charge in [-0.2, -0.15) is 0 Å². The number of esters is 1. The lowest BCUT2D eigenvalue weighted by atomic mass is 10.0. The van der Waals surface area contributed by atoms with Crippen LogP contribution < -0.4 is 90.2 Å². The Bertz CT molecular complexity index is 3440. The predicted molar refractivity (Wildman–Crippen MR) is 349 cm³/mol. The zero-order valence-electron chi connectivity index (χ0n) is 52.9. The molecule has 0 aliphatic rings. The normalized spacial score (nSPS) is 12.1. The van der Waals surface area contributed by atoms with Crippen molar-refractivity contribution in [3.63, 3.8) is 0 Å². The molecule has 0 aliphatic carbocycles. The van der Waals surface area contributed by atoms with Crippen LogP contribution >= 0.6 is 0 Å². The first kappa shape index (κ1) is 73.6. The molecule has 0 heterocycles. The zero-order valence-corrected chi connectivity index (χ0v) is 52.9. The third kappa shape index (κ3) is 22.0. The summed E-state index contributed by atoms with van der Waals surface area (Å²) in [6.45, 7) is 1.26. The van der Waals surface area contributed by atoms with Crippen molar-refractivity contribution in [3.8, 4) is 23.0 Å². The molecule has 0 saturated carbocycles. The molecule has 5 aromatic rings. The van der Waals surface area contributed by atoms with Gasteiger partial charge in [-0.3, -0.25) is 43.2 Å². The topological polar surface area (TPSA) is 443 Å². The minimum atomic E-state index is -1.20. The number of ether oxygens (including phenoxy) is 5. The highest BCUT2D eigenvalue weighted by Gasteiger charge is 2.30. The highest BCUT2D eigenvalue weighted by molar-refractivity contribution is 6.08. The Morgan fingerprint density at radius 1 is 0.355 bits per heavy atom. The molecule has 0 fully saturated rings. The standard InChI is InChI=1S/C65H85N13O15/c1-89-52-25-21-40(34-44(52)56(70)79)71-62(85)49(18-7-11-30-67)76-58(81)46-36-42(23-27-54(46)91-3)73-64(87)51(20-9-13-32-69)78-60(83)47-37-43(24-28-55(47)92-4)74-63(86)50(19-8-12-31-68)77-59(82)45-35-41(22-26-53(45)90-2)72-61(84)48(17-6-10-29-66)75-57(80)38-15-14-16-39(33-38)65(88)93-5/h14-16,21-28,33-37,48-51H,6-13,17-20,29-32,66-69H2,1-5H3,(H2,70,79)(H,71,85)(H,72,84)(H,73,87)(H,74,86)(H,75,80)(H,76,81)(H,77,82)(H,78,83). The maximum absolute atomic E-state index is 14.4. The molecule has 0 spiro atoms. The Balaban J connectivity index is 1.33. The predicted octanol–water partition coefficient (Wildman–Crippen LogP) is 4.07. The van der Waals surface area contributed by atoms with Crippen molar-refractivity contribution >= 4 is 81.9 Å². The fraction of sp³-hybridized carbons (Fsp3) is 0.385. The minimum Gasteiger partial charge on any atom is -0.496 e. The van der Waals surface area contributed by atoms with Gasteiger partial charge in [-0.1, -0.05) is 6.07 Å². The molecule has 4 unspecified atom stereocenters. The SMILES string of the molecule is COC(=O)c1cccc(C(=O)NC(CCCCN)C(=O)Nc2ccc(OC)c(C(=O)NC(CCCCN)C(=O)Nc3ccc(OC)c(C(=O)NC(CCCCN)C(=O)Nc4ccc(OC)c(C(=O)NC(CCCCN)C(=O)Nc5ccc(OC)c(C(N)=O)c5)c4)c3)c2)c1. The molecular formula is C65H85N13O15. The number of benzene rings is 5. The molecule has 93 heavy (non-hydrogen) atoms. The van der Waals surface area contributed by atoms with Crippen LogP contribution in [0.2, 0.25) is 0 Å². The highest BCUT2D eigenvalue weighted by Crippen LogP contribution is 2.28. The summed E-state index contributed by atoms with van der Waals surface area (Å²) < 4.78 is 26.6. The molecule has 28 nitrogen and oxygen atoms in total. The van der Waals surface area contributed by atoms with Crippen LogP contribution in [0.25, 0.3) is 0 Å². The Morgan fingerprint density at radius 2 is 0.634 bits per heavy atom. The average molecular weight is 1290 g/mol. The molecule has 0 saturated heterocycles. The summed E-state index contributed by atoms with van der Waals surface area (Å²) >= 11 is 0. The molecule has 28 heteroatoms.